The van der Waals surface area contributed by atoms with Crippen LogP contribution in [-0.2, 0) is 21.5 Å². The number of nitrogens with two attached hydrogens (primary N) is 2. The molecule has 2 amide bonds. The van der Waals surface area contributed by atoms with Crippen molar-refractivity contribution in [1.82, 2.24) is 24.7 Å². The van der Waals surface area contributed by atoms with E-state index in [-0.39, 0.29) is 45.6 Å². The summed E-state index contributed by atoms with van der Waals surface area (Å²) in [6, 6.07) is 2.84. The largest absolute Gasteiger partial charge is 0.481 e. The lowest BCUT2D eigenvalue weighted by Gasteiger charge is -2.19. The maximum absolute atomic E-state index is 13.5. The fourth-order valence-electron chi connectivity index (χ4n) is 3.61. The van der Waals surface area contributed by atoms with Crippen molar-refractivity contribution in [2.75, 3.05) is 18.2 Å². The number of amides is 2. The zero-order chi connectivity index (χ0) is 25.9. The maximum Gasteiger partial charge on any atom is 0.453 e. The molecule has 1 aliphatic rings. The van der Waals surface area contributed by atoms with Crippen LogP contribution < -0.4 is 21.5 Å². The minimum atomic E-state index is -5.74. The van der Waals surface area contributed by atoms with Gasteiger partial charge in [0.25, 0.3) is 0 Å². The van der Waals surface area contributed by atoms with Crippen molar-refractivity contribution in [1.29, 1.82) is 0 Å². The molecule has 0 spiro atoms. The van der Waals surface area contributed by atoms with Crippen LogP contribution in [0.5, 0.6) is 5.88 Å². The number of aryl methyl sites for hydroxylation is 1. The number of hydrogen-bond acceptors (Lipinski definition) is 8. The number of pyridine rings is 1. The van der Waals surface area contributed by atoms with Gasteiger partial charge in [0.15, 0.2) is 16.9 Å². The van der Waals surface area contributed by atoms with Gasteiger partial charge in [-0.3, -0.25) is 9.59 Å². The highest BCUT2D eigenvalue weighted by atomic mass is 19.4. The lowest BCUT2D eigenvalue weighted by molar-refractivity contribution is -0.285. The number of primary amides is 1. The Morgan fingerprint density at radius 2 is 1.89 bits per heavy atom. The summed E-state index contributed by atoms with van der Waals surface area (Å²) in [6.45, 7) is 0.386. The third kappa shape index (κ3) is 3.64. The summed E-state index contributed by atoms with van der Waals surface area (Å²) in [5.74, 6) is -7.30. The van der Waals surface area contributed by atoms with Crippen LogP contribution in [0.3, 0.4) is 0 Å². The predicted octanol–water partition coefficient (Wildman–Crippen LogP) is 1.76. The highest BCUT2D eigenvalue weighted by Gasteiger charge is 2.57. The Kier molecular flexibility index (Phi) is 5.29. The Bertz CT molecular complexity index is 1370. The van der Waals surface area contributed by atoms with Crippen molar-refractivity contribution in [3.8, 4) is 17.4 Å². The number of nitrogens with one attached hydrogen (secondary N) is 1. The van der Waals surface area contributed by atoms with Crippen LogP contribution in [0.1, 0.15) is 18.9 Å². The van der Waals surface area contributed by atoms with Gasteiger partial charge in [0, 0.05) is 19.0 Å². The minimum absolute atomic E-state index is 0.0478. The van der Waals surface area contributed by atoms with Gasteiger partial charge in [0.1, 0.15) is 17.3 Å². The molecule has 11 nitrogen and oxygen atoms in total. The number of aromatic nitrogens is 5. The maximum atomic E-state index is 13.5. The van der Waals surface area contributed by atoms with Gasteiger partial charge in [0.2, 0.25) is 17.7 Å². The summed E-state index contributed by atoms with van der Waals surface area (Å²) in [6.07, 6.45) is -7.35. The predicted molar refractivity (Wildman–Crippen MR) is 110 cm³/mol. The summed E-state index contributed by atoms with van der Waals surface area (Å²) in [7, 11) is 1.29. The number of anilines is 2. The molecule has 0 aliphatic carbocycles. The van der Waals surface area contributed by atoms with Gasteiger partial charge in [-0.15, -0.1) is 0 Å². The number of carbonyl (C=O) groups is 2. The normalized spacial score (nSPS) is 18.0. The standard InChI is InChI=1S/C19H17F5N8O3/c1-17(15(26)33)9-11(25)28-13(29-12(9)30-16(17)34)10-7-3-4-8(35-2)27-14(7)32(31-10)6-5-18(20,21)19(22,23)24/h3-4H,5-6H2,1-2H3,(H2,26,33)(H3,25,28,29,30,34). The molecular weight excluding hydrogens is 483 g/mol. The lowest BCUT2D eigenvalue weighted by atomic mass is 9.84. The van der Waals surface area contributed by atoms with E-state index in [0.717, 1.165) is 4.68 Å². The molecule has 16 heteroatoms. The average Bonchev–Trinajstić information content (AvgIpc) is 3.26. The Hall–Kier alpha value is -4.11. The van der Waals surface area contributed by atoms with E-state index in [1.54, 1.807) is 0 Å². The zero-order valence-corrected chi connectivity index (χ0v) is 18.1. The number of rotatable bonds is 6. The average molecular weight is 500 g/mol. The molecule has 1 unspecified atom stereocenters. The molecule has 4 heterocycles. The van der Waals surface area contributed by atoms with E-state index in [1.807, 2.05) is 0 Å². The van der Waals surface area contributed by atoms with Crippen LogP contribution in [0, 0.1) is 0 Å². The Morgan fingerprint density at radius 3 is 2.49 bits per heavy atom. The van der Waals surface area contributed by atoms with Gasteiger partial charge in [-0.25, -0.2) is 14.6 Å². The second-order valence-corrected chi connectivity index (χ2v) is 7.85. The van der Waals surface area contributed by atoms with Gasteiger partial charge in [-0.05, 0) is 13.0 Å². The molecule has 0 saturated carbocycles. The number of fused-ring (bicyclic) bond motifs is 2. The van der Waals surface area contributed by atoms with Gasteiger partial charge >= 0.3 is 12.1 Å². The SMILES string of the molecule is COc1ccc2c(-c3nc(N)c4c(n3)NC(=O)C4(C)C(N)=O)nn(CCC(F)(F)C(F)(F)F)c2n1. The fraction of sp³-hybridized carbons (Fsp3) is 0.368. The number of methoxy groups -OCH3 is 1. The smallest absolute Gasteiger partial charge is 0.453 e. The van der Waals surface area contributed by atoms with Crippen LogP contribution in [0.25, 0.3) is 22.6 Å². The van der Waals surface area contributed by atoms with Gasteiger partial charge in [-0.2, -0.15) is 32.0 Å². The molecule has 0 aromatic carbocycles. The topological polar surface area (TPSA) is 164 Å². The fourth-order valence-corrected chi connectivity index (χ4v) is 3.61. The first-order chi connectivity index (χ1) is 16.2. The molecule has 4 rings (SSSR count). The van der Waals surface area contributed by atoms with Crippen molar-refractivity contribution in [3.05, 3.63) is 17.7 Å². The summed E-state index contributed by atoms with van der Waals surface area (Å²) >= 11 is 0. The molecule has 35 heavy (non-hydrogen) atoms. The first kappa shape index (κ1) is 24.0. The highest BCUT2D eigenvalue weighted by Crippen LogP contribution is 2.42. The van der Waals surface area contributed by atoms with E-state index in [0.29, 0.717) is 0 Å². The second-order valence-electron chi connectivity index (χ2n) is 7.85. The van der Waals surface area contributed by atoms with Crippen LogP contribution in [0.15, 0.2) is 12.1 Å². The van der Waals surface area contributed by atoms with Crippen molar-refractivity contribution in [3.63, 3.8) is 0 Å². The third-order valence-corrected chi connectivity index (χ3v) is 5.66. The second kappa shape index (κ2) is 7.71. The van der Waals surface area contributed by atoms with Crippen LogP contribution in [0.2, 0.25) is 0 Å². The van der Waals surface area contributed by atoms with Crippen molar-refractivity contribution in [2.45, 2.75) is 37.4 Å². The first-order valence-corrected chi connectivity index (χ1v) is 9.86. The third-order valence-electron chi connectivity index (χ3n) is 5.66. The minimum Gasteiger partial charge on any atom is -0.481 e. The lowest BCUT2D eigenvalue weighted by Crippen LogP contribution is -2.44. The van der Waals surface area contributed by atoms with Crippen LogP contribution in [0.4, 0.5) is 33.6 Å². The van der Waals surface area contributed by atoms with E-state index in [2.05, 4.69) is 25.4 Å². The van der Waals surface area contributed by atoms with Crippen molar-refractivity contribution < 1.29 is 36.3 Å². The van der Waals surface area contributed by atoms with E-state index < -0.39 is 42.3 Å². The summed E-state index contributed by atoms with van der Waals surface area (Å²) in [5, 5.41) is 6.66. The number of ether oxygens (including phenoxy) is 1. The van der Waals surface area contributed by atoms with Gasteiger partial charge in [-0.1, -0.05) is 0 Å². The molecule has 0 radical (unpaired) electrons. The number of nitrogen functional groups attached to an aromatic ring is 1. The monoisotopic (exact) mass is 500 g/mol. The molecular formula is C19H17F5N8O3. The van der Waals surface area contributed by atoms with E-state index >= 15 is 0 Å². The Morgan fingerprint density at radius 1 is 1.20 bits per heavy atom. The molecule has 186 valence electrons. The quantitative estimate of drug-likeness (QED) is 0.340. The molecule has 1 atom stereocenters. The summed E-state index contributed by atoms with van der Waals surface area (Å²) in [5.41, 5.74) is 9.34. The van der Waals surface area contributed by atoms with Crippen molar-refractivity contribution in [2.24, 2.45) is 5.73 Å². The number of carbonyl (C=O) groups excluding carboxylic acids is 2. The summed E-state index contributed by atoms with van der Waals surface area (Å²) in [4.78, 5) is 36.7. The number of halogens is 5. The first-order valence-electron chi connectivity index (χ1n) is 9.86. The number of nitrogens with zero attached hydrogens (tertiary/aromatic N) is 5. The van der Waals surface area contributed by atoms with Crippen LogP contribution >= 0.6 is 0 Å². The molecule has 0 bridgehead atoms. The van der Waals surface area contributed by atoms with Gasteiger partial charge < -0.3 is 21.5 Å². The highest BCUT2D eigenvalue weighted by molar-refractivity contribution is 6.20. The molecule has 3 aromatic rings. The molecule has 1 aliphatic heterocycles. The molecule has 3 aromatic heterocycles. The Labute approximate surface area is 192 Å². The van der Waals surface area contributed by atoms with Crippen molar-refractivity contribution >= 4 is 34.5 Å². The number of alkyl halides is 5. The van der Waals surface area contributed by atoms with E-state index in [4.69, 9.17) is 16.2 Å². The Balaban J connectivity index is 1.84. The van der Waals surface area contributed by atoms with Gasteiger partial charge in [0.05, 0.1) is 18.1 Å². The van der Waals surface area contributed by atoms with E-state index in [1.165, 1.54) is 26.2 Å². The van der Waals surface area contributed by atoms with Crippen LogP contribution in [-0.4, -0.2) is 55.8 Å². The molecule has 5 N–H and O–H groups in total. The van der Waals surface area contributed by atoms with E-state index in [9.17, 15) is 31.5 Å². The zero-order valence-electron chi connectivity index (χ0n) is 18.1. The number of hydrogen-bond donors (Lipinski definition) is 3. The molecule has 0 fully saturated rings. The summed E-state index contributed by atoms with van der Waals surface area (Å²) < 4.78 is 70.9. The molecule has 0 saturated heterocycles.